The fraction of sp³-hybridized carbons (Fsp3) is 0.250. The molecule has 0 aliphatic rings. The van der Waals surface area contributed by atoms with E-state index in [-0.39, 0.29) is 0 Å². The smallest absolute Gasteiger partial charge is 0.151 e. The van der Waals surface area contributed by atoms with Gasteiger partial charge in [0.15, 0.2) is 6.29 Å². The quantitative estimate of drug-likeness (QED) is 0.615. The molecule has 1 rings (SSSR count). The number of halogens is 1. The Labute approximate surface area is 94.9 Å². The van der Waals surface area contributed by atoms with Gasteiger partial charge in [-0.2, -0.15) is 0 Å². The lowest BCUT2D eigenvalue weighted by Crippen LogP contribution is -2.05. The van der Waals surface area contributed by atoms with Gasteiger partial charge in [-0.05, 0) is 37.7 Å². The molecule has 3 heteroatoms. The number of hydrogen-bond donors (Lipinski definition) is 1. The summed E-state index contributed by atoms with van der Waals surface area (Å²) in [5, 5.41) is 3.56. The van der Waals surface area contributed by atoms with E-state index in [2.05, 4.69) is 11.4 Å². The third kappa shape index (κ3) is 3.86. The van der Waals surface area contributed by atoms with Gasteiger partial charge in [-0.3, -0.25) is 4.79 Å². The maximum Gasteiger partial charge on any atom is 0.151 e. The highest BCUT2D eigenvalue weighted by Crippen LogP contribution is 2.17. The summed E-state index contributed by atoms with van der Waals surface area (Å²) in [4.78, 5) is 10.5. The number of carbonyl (C=O) groups excluding carboxylic acids is 1. The molecule has 0 fully saturated rings. The monoisotopic (exact) mass is 223 g/mol. The summed E-state index contributed by atoms with van der Waals surface area (Å²) in [7, 11) is 1.92. The molecule has 0 radical (unpaired) electrons. The van der Waals surface area contributed by atoms with E-state index in [1.165, 1.54) is 0 Å². The molecule has 0 aromatic heterocycles. The average molecular weight is 224 g/mol. The van der Waals surface area contributed by atoms with Crippen LogP contribution < -0.4 is 5.32 Å². The molecule has 0 atom stereocenters. The second kappa shape index (κ2) is 6.38. The lowest BCUT2D eigenvalue weighted by Gasteiger charge is -1.98. The molecule has 0 unspecified atom stereocenters. The molecule has 0 aliphatic carbocycles. The van der Waals surface area contributed by atoms with Crippen molar-refractivity contribution in [2.24, 2.45) is 0 Å². The highest BCUT2D eigenvalue weighted by molar-refractivity contribution is 6.33. The number of aldehydes is 1. The molecule has 0 aliphatic heterocycles. The van der Waals surface area contributed by atoms with E-state index in [1.807, 2.05) is 19.2 Å². The molecule has 0 spiro atoms. The SMILES string of the molecule is CNCCC=Cc1ccc(C=O)c(Cl)c1. The van der Waals surface area contributed by atoms with E-state index < -0.39 is 0 Å². The number of benzene rings is 1. The van der Waals surface area contributed by atoms with Crippen LogP contribution in [0.3, 0.4) is 0 Å². The lowest BCUT2D eigenvalue weighted by molar-refractivity contribution is 0.112. The average Bonchev–Trinajstić information content (AvgIpc) is 2.25. The highest BCUT2D eigenvalue weighted by atomic mass is 35.5. The summed E-state index contributed by atoms with van der Waals surface area (Å²) in [5.41, 5.74) is 1.55. The fourth-order valence-electron chi connectivity index (χ4n) is 1.19. The van der Waals surface area contributed by atoms with Crippen molar-refractivity contribution in [1.29, 1.82) is 0 Å². The van der Waals surface area contributed by atoms with Gasteiger partial charge in [0.05, 0.1) is 5.02 Å². The second-order valence-corrected chi connectivity index (χ2v) is 3.60. The van der Waals surface area contributed by atoms with E-state index in [1.54, 1.807) is 12.1 Å². The predicted molar refractivity (Wildman–Crippen MR) is 64.4 cm³/mol. The molecule has 0 heterocycles. The first-order valence-electron chi connectivity index (χ1n) is 4.84. The van der Waals surface area contributed by atoms with Gasteiger partial charge in [0.2, 0.25) is 0 Å². The number of hydrogen-bond acceptors (Lipinski definition) is 2. The second-order valence-electron chi connectivity index (χ2n) is 3.19. The van der Waals surface area contributed by atoms with Gasteiger partial charge in [-0.25, -0.2) is 0 Å². The molecule has 0 saturated heterocycles. The van der Waals surface area contributed by atoms with Crippen molar-refractivity contribution in [2.75, 3.05) is 13.6 Å². The predicted octanol–water partition coefficient (Wildman–Crippen LogP) is 2.78. The third-order valence-electron chi connectivity index (χ3n) is 2.02. The standard InChI is InChI=1S/C12H14ClNO/c1-14-7-3-2-4-10-5-6-11(9-15)12(13)8-10/h2,4-6,8-9,14H,3,7H2,1H3. The molecule has 0 bridgehead atoms. The van der Waals surface area contributed by atoms with Crippen LogP contribution in [0.5, 0.6) is 0 Å². The highest BCUT2D eigenvalue weighted by Gasteiger charge is 1.97. The van der Waals surface area contributed by atoms with Gasteiger partial charge in [0, 0.05) is 5.56 Å². The Morgan fingerprint density at radius 1 is 1.47 bits per heavy atom. The molecule has 15 heavy (non-hydrogen) atoms. The van der Waals surface area contributed by atoms with E-state index in [0.717, 1.165) is 24.8 Å². The first-order valence-corrected chi connectivity index (χ1v) is 5.21. The summed E-state index contributed by atoms with van der Waals surface area (Å²) >= 11 is 5.89. The summed E-state index contributed by atoms with van der Waals surface area (Å²) < 4.78 is 0. The Balaban J connectivity index is 2.67. The Morgan fingerprint density at radius 3 is 2.87 bits per heavy atom. The Kier molecular flexibility index (Phi) is 5.08. The van der Waals surface area contributed by atoms with Crippen molar-refractivity contribution in [2.45, 2.75) is 6.42 Å². The zero-order valence-corrected chi connectivity index (χ0v) is 9.42. The molecule has 0 amide bonds. The first kappa shape index (κ1) is 12.0. The van der Waals surface area contributed by atoms with Gasteiger partial charge in [0.25, 0.3) is 0 Å². The van der Waals surface area contributed by atoms with Gasteiger partial charge in [0.1, 0.15) is 0 Å². The fourth-order valence-corrected chi connectivity index (χ4v) is 1.42. The van der Waals surface area contributed by atoms with Gasteiger partial charge < -0.3 is 5.32 Å². The minimum atomic E-state index is 0.501. The first-order chi connectivity index (χ1) is 7.27. The minimum Gasteiger partial charge on any atom is -0.319 e. The van der Waals surface area contributed by atoms with Crippen molar-refractivity contribution in [1.82, 2.24) is 5.32 Å². The summed E-state index contributed by atoms with van der Waals surface area (Å²) in [6.07, 6.45) is 5.81. The molecule has 2 nitrogen and oxygen atoms in total. The van der Waals surface area contributed by atoms with Crippen molar-refractivity contribution in [3.05, 3.63) is 40.4 Å². The van der Waals surface area contributed by atoms with Crippen LogP contribution in [0.15, 0.2) is 24.3 Å². The van der Waals surface area contributed by atoms with Crippen molar-refractivity contribution >= 4 is 24.0 Å². The van der Waals surface area contributed by atoms with Crippen molar-refractivity contribution in [3.8, 4) is 0 Å². The van der Waals surface area contributed by atoms with Crippen molar-refractivity contribution in [3.63, 3.8) is 0 Å². The van der Waals surface area contributed by atoms with Crippen LogP contribution >= 0.6 is 11.6 Å². The van der Waals surface area contributed by atoms with E-state index in [0.29, 0.717) is 10.6 Å². The summed E-state index contributed by atoms with van der Waals surface area (Å²) in [6, 6.07) is 5.40. The topological polar surface area (TPSA) is 29.1 Å². The van der Waals surface area contributed by atoms with Crippen molar-refractivity contribution < 1.29 is 4.79 Å². The molecule has 1 N–H and O–H groups in total. The summed E-state index contributed by atoms with van der Waals surface area (Å²) in [5.74, 6) is 0. The molecular formula is C12H14ClNO. The molecule has 1 aromatic rings. The van der Waals surface area contributed by atoms with Crippen LogP contribution in [-0.2, 0) is 0 Å². The normalized spacial score (nSPS) is 10.8. The molecule has 0 saturated carbocycles. The number of nitrogens with one attached hydrogen (secondary N) is 1. The van der Waals surface area contributed by atoms with Crippen LogP contribution in [0.4, 0.5) is 0 Å². The zero-order chi connectivity index (χ0) is 11.1. The Bertz CT molecular complexity index is 361. The van der Waals surface area contributed by atoms with Crippen LogP contribution in [0.1, 0.15) is 22.3 Å². The largest absolute Gasteiger partial charge is 0.319 e. The van der Waals surface area contributed by atoms with Gasteiger partial charge >= 0.3 is 0 Å². The van der Waals surface area contributed by atoms with E-state index in [9.17, 15) is 4.79 Å². The van der Waals surface area contributed by atoms with E-state index in [4.69, 9.17) is 11.6 Å². The maximum atomic E-state index is 10.5. The zero-order valence-electron chi connectivity index (χ0n) is 8.66. The van der Waals surface area contributed by atoms with Gasteiger partial charge in [-0.15, -0.1) is 0 Å². The molecule has 80 valence electrons. The van der Waals surface area contributed by atoms with Crippen LogP contribution in [0, 0.1) is 0 Å². The van der Waals surface area contributed by atoms with Crippen LogP contribution in [0.2, 0.25) is 5.02 Å². The van der Waals surface area contributed by atoms with Crippen LogP contribution in [-0.4, -0.2) is 19.9 Å². The van der Waals surface area contributed by atoms with E-state index >= 15 is 0 Å². The molecule has 1 aromatic carbocycles. The number of carbonyl (C=O) groups is 1. The third-order valence-corrected chi connectivity index (χ3v) is 2.35. The minimum absolute atomic E-state index is 0.501. The Hall–Kier alpha value is -1.12. The maximum absolute atomic E-state index is 10.5. The molecular weight excluding hydrogens is 210 g/mol. The summed E-state index contributed by atoms with van der Waals surface area (Å²) in [6.45, 7) is 0.955. The Morgan fingerprint density at radius 2 is 2.27 bits per heavy atom. The van der Waals surface area contributed by atoms with Crippen LogP contribution in [0.25, 0.3) is 6.08 Å². The lowest BCUT2D eigenvalue weighted by atomic mass is 10.1. The number of rotatable bonds is 5. The van der Waals surface area contributed by atoms with Gasteiger partial charge in [-0.1, -0.05) is 29.8 Å².